The second kappa shape index (κ2) is 6.84. The Morgan fingerprint density at radius 1 is 1.12 bits per heavy atom. The van der Waals surface area contributed by atoms with Gasteiger partial charge in [0.15, 0.2) is 0 Å². The zero-order valence-electron chi connectivity index (χ0n) is 13.3. The van der Waals surface area contributed by atoms with Crippen molar-refractivity contribution in [2.45, 2.75) is 6.42 Å². The summed E-state index contributed by atoms with van der Waals surface area (Å²) in [7, 11) is 3.11. The van der Waals surface area contributed by atoms with E-state index in [1.165, 1.54) is 13.2 Å². The number of rotatable bonds is 5. The van der Waals surface area contributed by atoms with Crippen LogP contribution < -0.4 is 15.0 Å². The van der Waals surface area contributed by atoms with Gasteiger partial charge in [0, 0.05) is 10.6 Å². The van der Waals surface area contributed by atoms with E-state index in [1.54, 1.807) is 19.2 Å². The highest BCUT2D eigenvalue weighted by atomic mass is 35.5. The lowest BCUT2D eigenvalue weighted by Gasteiger charge is -2.12. The van der Waals surface area contributed by atoms with Crippen LogP contribution in [0.15, 0.2) is 42.5 Å². The summed E-state index contributed by atoms with van der Waals surface area (Å²) in [5.74, 6) is 0.623. The van der Waals surface area contributed by atoms with E-state index >= 15 is 0 Å². The van der Waals surface area contributed by atoms with Gasteiger partial charge in [0.2, 0.25) is 0 Å². The Kier molecular flexibility index (Phi) is 4.62. The topological polar surface area (TPSA) is 56.8 Å². The molecule has 0 heterocycles. The maximum atomic E-state index is 12.3. The molecule has 0 saturated heterocycles. The van der Waals surface area contributed by atoms with Crippen molar-refractivity contribution in [1.82, 2.24) is 5.48 Å². The summed E-state index contributed by atoms with van der Waals surface area (Å²) in [6.07, 6.45) is 2.69. The van der Waals surface area contributed by atoms with E-state index in [4.69, 9.17) is 25.9 Å². The van der Waals surface area contributed by atoms with Gasteiger partial charge >= 0.3 is 5.97 Å². The number of halogens is 1. The fourth-order valence-electron chi connectivity index (χ4n) is 2.54. The number of hydrogen-bond donors (Lipinski definition) is 1. The molecule has 0 aromatic heterocycles. The standard InChI is InChI=1S/C18H16ClNO4/c1-22-13-5-6-14-11(9-13)3-7-16(14)20-24-18(21)15-10-12(19)4-8-17(15)23-2/h4-10,20H,3H2,1-2H3. The van der Waals surface area contributed by atoms with Crippen LogP contribution in [0.2, 0.25) is 5.02 Å². The first-order valence-electron chi connectivity index (χ1n) is 7.30. The highest BCUT2D eigenvalue weighted by Crippen LogP contribution is 2.29. The van der Waals surface area contributed by atoms with Crippen molar-refractivity contribution in [3.63, 3.8) is 0 Å². The van der Waals surface area contributed by atoms with Crippen molar-refractivity contribution in [1.29, 1.82) is 0 Å². The first kappa shape index (κ1) is 16.2. The van der Waals surface area contributed by atoms with Gasteiger partial charge in [-0.1, -0.05) is 17.7 Å². The Hall–Kier alpha value is -2.66. The lowest BCUT2D eigenvalue weighted by molar-refractivity contribution is 0.0365. The third-order valence-corrected chi connectivity index (χ3v) is 4.00. The molecule has 0 spiro atoms. The summed E-state index contributed by atoms with van der Waals surface area (Å²) in [5, 5.41) is 0.431. The lowest BCUT2D eigenvalue weighted by Crippen LogP contribution is -2.19. The molecule has 24 heavy (non-hydrogen) atoms. The number of benzene rings is 2. The van der Waals surface area contributed by atoms with Crippen LogP contribution >= 0.6 is 11.6 Å². The summed E-state index contributed by atoms with van der Waals surface area (Å²) in [6, 6.07) is 10.5. The molecule has 0 atom stereocenters. The molecule has 0 radical (unpaired) electrons. The number of allylic oxidation sites excluding steroid dienone is 1. The fraction of sp³-hybridized carbons (Fsp3) is 0.167. The van der Waals surface area contributed by atoms with Crippen molar-refractivity contribution in [3.8, 4) is 11.5 Å². The molecule has 2 aromatic carbocycles. The third-order valence-electron chi connectivity index (χ3n) is 3.76. The Morgan fingerprint density at radius 3 is 2.71 bits per heavy atom. The molecule has 0 saturated carbocycles. The van der Waals surface area contributed by atoms with Gasteiger partial charge in [-0.3, -0.25) is 0 Å². The minimum atomic E-state index is -0.572. The number of hydrogen-bond acceptors (Lipinski definition) is 5. The number of carbonyl (C=O) groups is 1. The molecule has 0 aliphatic heterocycles. The Balaban J connectivity index is 1.72. The van der Waals surface area contributed by atoms with Gasteiger partial charge in [-0.15, -0.1) is 0 Å². The number of hydroxylamine groups is 1. The van der Waals surface area contributed by atoms with Crippen LogP contribution in [-0.4, -0.2) is 20.2 Å². The molecule has 0 amide bonds. The Morgan fingerprint density at radius 2 is 1.96 bits per heavy atom. The minimum absolute atomic E-state index is 0.256. The normalized spacial score (nSPS) is 12.2. The highest BCUT2D eigenvalue weighted by molar-refractivity contribution is 6.31. The molecule has 124 valence electrons. The van der Waals surface area contributed by atoms with Crippen LogP contribution in [0.1, 0.15) is 21.5 Å². The minimum Gasteiger partial charge on any atom is -0.497 e. The third kappa shape index (κ3) is 3.16. The summed E-state index contributed by atoms with van der Waals surface area (Å²) in [6.45, 7) is 0. The van der Waals surface area contributed by atoms with Crippen LogP contribution in [0.4, 0.5) is 0 Å². The van der Waals surface area contributed by atoms with E-state index in [9.17, 15) is 4.79 Å². The number of ether oxygens (including phenoxy) is 2. The molecule has 1 N–H and O–H groups in total. The van der Waals surface area contributed by atoms with Gasteiger partial charge in [0.1, 0.15) is 17.1 Å². The van der Waals surface area contributed by atoms with Gasteiger partial charge in [-0.05, 0) is 48.4 Å². The van der Waals surface area contributed by atoms with E-state index < -0.39 is 5.97 Å². The lowest BCUT2D eigenvalue weighted by atomic mass is 10.1. The summed E-state index contributed by atoms with van der Waals surface area (Å²) >= 11 is 5.93. The quantitative estimate of drug-likeness (QED) is 0.839. The van der Waals surface area contributed by atoms with Crippen molar-refractivity contribution in [3.05, 3.63) is 64.2 Å². The SMILES string of the molecule is COc1ccc2c(c1)CC=C2NOC(=O)c1cc(Cl)ccc1OC. The molecule has 1 aliphatic carbocycles. The van der Waals surface area contributed by atoms with E-state index in [0.717, 1.165) is 29.0 Å². The number of fused-ring (bicyclic) bond motifs is 1. The van der Waals surface area contributed by atoms with Crippen LogP contribution in [-0.2, 0) is 11.3 Å². The fourth-order valence-corrected chi connectivity index (χ4v) is 2.72. The van der Waals surface area contributed by atoms with Crippen molar-refractivity contribution < 1.29 is 19.1 Å². The Bertz CT molecular complexity index is 817. The summed E-state index contributed by atoms with van der Waals surface area (Å²) in [5.41, 5.74) is 5.79. The van der Waals surface area contributed by atoms with Gasteiger partial charge < -0.3 is 14.3 Å². The Labute approximate surface area is 144 Å². The average molecular weight is 346 g/mol. The molecule has 0 fully saturated rings. The number of methoxy groups -OCH3 is 2. The zero-order valence-corrected chi connectivity index (χ0v) is 14.0. The molecule has 1 aliphatic rings. The highest BCUT2D eigenvalue weighted by Gasteiger charge is 2.19. The van der Waals surface area contributed by atoms with E-state index in [1.807, 2.05) is 24.3 Å². The van der Waals surface area contributed by atoms with E-state index in [2.05, 4.69) is 5.48 Å². The van der Waals surface area contributed by atoms with Crippen LogP contribution in [0.25, 0.3) is 5.70 Å². The van der Waals surface area contributed by atoms with Gasteiger partial charge in [0.25, 0.3) is 0 Å². The molecule has 2 aromatic rings. The van der Waals surface area contributed by atoms with Gasteiger partial charge in [0.05, 0.1) is 19.9 Å². The van der Waals surface area contributed by atoms with Crippen molar-refractivity contribution in [2.75, 3.05) is 14.2 Å². The van der Waals surface area contributed by atoms with E-state index in [-0.39, 0.29) is 5.56 Å². The molecule has 3 rings (SSSR count). The second-order valence-electron chi connectivity index (χ2n) is 5.18. The van der Waals surface area contributed by atoms with Crippen molar-refractivity contribution in [2.24, 2.45) is 0 Å². The van der Waals surface area contributed by atoms with Crippen LogP contribution in [0.5, 0.6) is 11.5 Å². The van der Waals surface area contributed by atoms with E-state index in [0.29, 0.717) is 10.8 Å². The maximum Gasteiger partial charge on any atom is 0.366 e. The monoisotopic (exact) mass is 345 g/mol. The molecule has 5 nitrogen and oxygen atoms in total. The number of nitrogens with one attached hydrogen (secondary N) is 1. The van der Waals surface area contributed by atoms with Crippen molar-refractivity contribution >= 4 is 23.3 Å². The molecular weight excluding hydrogens is 330 g/mol. The summed E-state index contributed by atoms with van der Waals surface area (Å²) in [4.78, 5) is 17.5. The van der Waals surface area contributed by atoms with Crippen LogP contribution in [0.3, 0.4) is 0 Å². The largest absolute Gasteiger partial charge is 0.497 e. The summed E-state index contributed by atoms with van der Waals surface area (Å²) < 4.78 is 10.4. The molecule has 6 heteroatoms. The first-order valence-corrected chi connectivity index (χ1v) is 7.68. The molecule has 0 bridgehead atoms. The number of carbonyl (C=O) groups excluding carboxylic acids is 1. The first-order chi connectivity index (χ1) is 11.6. The zero-order chi connectivity index (χ0) is 17.1. The molecular formula is C18H16ClNO4. The maximum absolute atomic E-state index is 12.3. The smallest absolute Gasteiger partial charge is 0.366 e. The van der Waals surface area contributed by atoms with Crippen LogP contribution in [0, 0.1) is 0 Å². The molecule has 0 unspecified atom stereocenters. The predicted octanol–water partition coefficient (Wildman–Crippen LogP) is 3.62. The van der Waals surface area contributed by atoms with Gasteiger partial charge in [-0.25, -0.2) is 10.3 Å². The average Bonchev–Trinajstić information content (AvgIpc) is 3.01. The van der Waals surface area contributed by atoms with Gasteiger partial charge in [-0.2, -0.15) is 0 Å². The second-order valence-corrected chi connectivity index (χ2v) is 5.62. The predicted molar refractivity (Wildman–Crippen MR) is 91.2 cm³/mol.